The van der Waals surface area contributed by atoms with Gasteiger partial charge in [-0.3, -0.25) is 0 Å². The first-order valence-electron chi connectivity index (χ1n) is 8.76. The van der Waals surface area contributed by atoms with Crippen molar-refractivity contribution < 1.29 is 9.90 Å². The Labute approximate surface area is 142 Å². The number of imidazole rings is 1. The highest BCUT2D eigenvalue weighted by molar-refractivity contribution is 5.74. The molecule has 2 aromatic rings. The van der Waals surface area contributed by atoms with Crippen LogP contribution in [0.1, 0.15) is 36.9 Å². The lowest BCUT2D eigenvalue weighted by Gasteiger charge is -2.30. The second kappa shape index (κ2) is 7.66. The molecule has 0 aromatic carbocycles. The summed E-state index contributed by atoms with van der Waals surface area (Å²) in [6.07, 6.45) is 8.87. The molecule has 0 radical (unpaired) electrons. The molecule has 24 heavy (non-hydrogen) atoms. The topological polar surface area (TPSA) is 78.7 Å². The van der Waals surface area contributed by atoms with Crippen LogP contribution < -0.4 is 10.6 Å². The van der Waals surface area contributed by atoms with Gasteiger partial charge in [-0.15, -0.1) is 0 Å². The van der Waals surface area contributed by atoms with Crippen LogP contribution in [0.3, 0.4) is 0 Å². The van der Waals surface area contributed by atoms with Gasteiger partial charge in [0.15, 0.2) is 0 Å². The van der Waals surface area contributed by atoms with E-state index in [1.165, 1.54) is 0 Å². The minimum Gasteiger partial charge on any atom is -0.396 e. The summed E-state index contributed by atoms with van der Waals surface area (Å²) in [5, 5.41) is 15.3. The Balaban J connectivity index is 1.48. The van der Waals surface area contributed by atoms with Crippen molar-refractivity contribution >= 4 is 11.7 Å². The normalized spacial score (nSPS) is 20.9. The van der Waals surface area contributed by atoms with E-state index in [9.17, 15) is 9.90 Å². The number of aryl methyl sites for hydroxylation is 1. The molecule has 1 fully saturated rings. The molecule has 2 heterocycles. The van der Waals surface area contributed by atoms with E-state index in [2.05, 4.69) is 15.6 Å². The molecule has 0 unspecified atom stereocenters. The van der Waals surface area contributed by atoms with Crippen LogP contribution in [0.15, 0.2) is 24.5 Å². The zero-order valence-electron chi connectivity index (χ0n) is 14.2. The summed E-state index contributed by atoms with van der Waals surface area (Å²) in [5.41, 5.74) is 3.07. The van der Waals surface area contributed by atoms with Crippen LogP contribution in [-0.2, 0) is 6.42 Å². The van der Waals surface area contributed by atoms with Crippen LogP contribution in [-0.4, -0.2) is 39.7 Å². The fraction of sp³-hybridized carbons (Fsp3) is 0.556. The fourth-order valence-electron chi connectivity index (χ4n) is 3.46. The first-order chi connectivity index (χ1) is 11.7. The number of hydrogen-bond donors (Lipinski definition) is 3. The predicted octanol–water partition coefficient (Wildman–Crippen LogP) is 2.04. The first-order valence-corrected chi connectivity index (χ1v) is 8.76. The molecule has 0 saturated heterocycles. The summed E-state index contributed by atoms with van der Waals surface area (Å²) in [6, 6.07) is 3.97. The van der Waals surface area contributed by atoms with Crippen LogP contribution in [0.2, 0.25) is 0 Å². The van der Waals surface area contributed by atoms with Gasteiger partial charge in [0, 0.05) is 43.9 Å². The van der Waals surface area contributed by atoms with Gasteiger partial charge in [0.2, 0.25) is 0 Å². The number of urea groups is 1. The number of nitrogens with one attached hydrogen (secondary N) is 2. The van der Waals surface area contributed by atoms with Crippen molar-refractivity contribution in [2.75, 3.05) is 13.2 Å². The standard InChI is InChI=1S/C18H26N4O2/c1-13-5-4-10-22-11-15(20-17(13)22)8-9-19-18(24)21-16-7-3-2-6-14(16)12-23/h4-5,10-11,14,16,23H,2-3,6-9,12H2,1H3,(H2,19,21,24)/t14-,16-/m1/s1. The predicted molar refractivity (Wildman–Crippen MR) is 93.0 cm³/mol. The van der Waals surface area contributed by atoms with Crippen LogP contribution in [0.25, 0.3) is 5.65 Å². The maximum Gasteiger partial charge on any atom is 0.315 e. The number of aliphatic hydroxyl groups is 1. The molecule has 6 heteroatoms. The lowest BCUT2D eigenvalue weighted by Crippen LogP contribution is -2.48. The summed E-state index contributed by atoms with van der Waals surface area (Å²) < 4.78 is 2.01. The first kappa shape index (κ1) is 16.8. The maximum absolute atomic E-state index is 12.1. The van der Waals surface area contributed by atoms with Gasteiger partial charge in [0.05, 0.1) is 5.69 Å². The van der Waals surface area contributed by atoms with Crippen LogP contribution in [0.5, 0.6) is 0 Å². The van der Waals surface area contributed by atoms with Crippen molar-refractivity contribution in [3.63, 3.8) is 0 Å². The number of amides is 2. The van der Waals surface area contributed by atoms with E-state index in [1.807, 2.05) is 35.9 Å². The van der Waals surface area contributed by atoms with Gasteiger partial charge in [-0.2, -0.15) is 0 Å². The van der Waals surface area contributed by atoms with E-state index in [0.717, 1.165) is 42.6 Å². The molecule has 6 nitrogen and oxygen atoms in total. The Morgan fingerprint density at radius 1 is 1.42 bits per heavy atom. The summed E-state index contributed by atoms with van der Waals surface area (Å²) in [7, 11) is 0. The van der Waals surface area contributed by atoms with Crippen LogP contribution in [0.4, 0.5) is 4.79 Å². The van der Waals surface area contributed by atoms with E-state index in [0.29, 0.717) is 13.0 Å². The molecule has 0 bridgehead atoms. The highest BCUT2D eigenvalue weighted by Crippen LogP contribution is 2.23. The van der Waals surface area contributed by atoms with Crippen molar-refractivity contribution in [1.82, 2.24) is 20.0 Å². The average molecular weight is 330 g/mol. The molecule has 3 rings (SSSR count). The third-order valence-electron chi connectivity index (χ3n) is 4.85. The number of carbonyl (C=O) groups excluding carboxylic acids is 1. The maximum atomic E-state index is 12.1. The second-order valence-corrected chi connectivity index (χ2v) is 6.64. The van der Waals surface area contributed by atoms with E-state index in [1.54, 1.807) is 0 Å². The Hall–Kier alpha value is -2.08. The van der Waals surface area contributed by atoms with Gasteiger partial charge < -0.3 is 20.1 Å². The quantitative estimate of drug-likeness (QED) is 0.785. The van der Waals surface area contributed by atoms with Crippen molar-refractivity contribution in [3.8, 4) is 0 Å². The number of aromatic nitrogens is 2. The molecule has 3 N–H and O–H groups in total. The van der Waals surface area contributed by atoms with Gasteiger partial charge in [-0.1, -0.05) is 18.9 Å². The van der Waals surface area contributed by atoms with Crippen molar-refractivity contribution in [3.05, 3.63) is 35.8 Å². The Bertz CT molecular complexity index is 697. The number of pyridine rings is 1. The molecule has 2 aromatic heterocycles. The van der Waals surface area contributed by atoms with E-state index in [-0.39, 0.29) is 24.6 Å². The molecule has 130 valence electrons. The number of carbonyl (C=O) groups is 1. The SMILES string of the molecule is Cc1cccn2cc(CCNC(=O)N[C@@H]3CCCC[C@@H]3CO)nc12. The van der Waals surface area contributed by atoms with Crippen LogP contribution in [0, 0.1) is 12.8 Å². The van der Waals surface area contributed by atoms with Gasteiger partial charge in [0.1, 0.15) is 5.65 Å². The van der Waals surface area contributed by atoms with Crippen molar-refractivity contribution in [2.24, 2.45) is 5.92 Å². The molecule has 2 amide bonds. The number of aliphatic hydroxyl groups excluding tert-OH is 1. The Kier molecular flexibility index (Phi) is 5.35. The number of nitrogens with zero attached hydrogens (tertiary/aromatic N) is 2. The van der Waals surface area contributed by atoms with Crippen LogP contribution >= 0.6 is 0 Å². The van der Waals surface area contributed by atoms with E-state index < -0.39 is 0 Å². The summed E-state index contributed by atoms with van der Waals surface area (Å²) in [5.74, 6) is 0.186. The Morgan fingerprint density at radius 2 is 2.25 bits per heavy atom. The average Bonchev–Trinajstić information content (AvgIpc) is 3.00. The minimum absolute atomic E-state index is 0.0848. The van der Waals surface area contributed by atoms with E-state index >= 15 is 0 Å². The molecule has 1 aliphatic rings. The van der Waals surface area contributed by atoms with Gasteiger partial charge in [0.25, 0.3) is 0 Å². The molecule has 0 aliphatic heterocycles. The summed E-state index contributed by atoms with van der Waals surface area (Å²) in [6.45, 7) is 2.73. The van der Waals surface area contributed by atoms with Gasteiger partial charge in [-0.05, 0) is 31.4 Å². The lowest BCUT2D eigenvalue weighted by atomic mass is 9.85. The van der Waals surface area contributed by atoms with Gasteiger partial charge >= 0.3 is 6.03 Å². The van der Waals surface area contributed by atoms with Crippen molar-refractivity contribution in [1.29, 1.82) is 0 Å². The third-order valence-corrected chi connectivity index (χ3v) is 4.85. The zero-order valence-corrected chi connectivity index (χ0v) is 14.2. The molecular weight excluding hydrogens is 304 g/mol. The Morgan fingerprint density at radius 3 is 3.04 bits per heavy atom. The highest BCUT2D eigenvalue weighted by Gasteiger charge is 2.25. The van der Waals surface area contributed by atoms with E-state index in [4.69, 9.17) is 0 Å². The summed E-state index contributed by atoms with van der Waals surface area (Å²) in [4.78, 5) is 16.7. The molecular formula is C18H26N4O2. The number of hydrogen-bond acceptors (Lipinski definition) is 3. The lowest BCUT2D eigenvalue weighted by molar-refractivity contribution is 0.154. The smallest absolute Gasteiger partial charge is 0.315 e. The third kappa shape index (κ3) is 3.87. The zero-order chi connectivity index (χ0) is 16.9. The monoisotopic (exact) mass is 330 g/mol. The molecule has 1 saturated carbocycles. The molecule has 0 spiro atoms. The number of fused-ring (bicyclic) bond motifs is 1. The molecule has 1 aliphatic carbocycles. The second-order valence-electron chi connectivity index (χ2n) is 6.64. The van der Waals surface area contributed by atoms with Crippen molar-refractivity contribution in [2.45, 2.75) is 45.1 Å². The summed E-state index contributed by atoms with van der Waals surface area (Å²) >= 11 is 0. The highest BCUT2D eigenvalue weighted by atomic mass is 16.3. The largest absolute Gasteiger partial charge is 0.396 e. The molecule has 2 atom stereocenters. The number of rotatable bonds is 5. The minimum atomic E-state index is -0.153. The fourth-order valence-corrected chi connectivity index (χ4v) is 3.46. The van der Waals surface area contributed by atoms with Gasteiger partial charge in [-0.25, -0.2) is 9.78 Å².